The van der Waals surface area contributed by atoms with Crippen LogP contribution in [-0.4, -0.2) is 29.4 Å². The second kappa shape index (κ2) is 6.49. The van der Waals surface area contributed by atoms with E-state index in [0.717, 1.165) is 5.56 Å². The third-order valence-electron chi connectivity index (χ3n) is 1.69. The van der Waals surface area contributed by atoms with Crippen LogP contribution in [0.1, 0.15) is 12.0 Å². The molecule has 0 spiro atoms. The highest BCUT2D eigenvalue weighted by Gasteiger charge is 1.93. The molecule has 1 rings (SSSR count). The van der Waals surface area contributed by atoms with Crippen LogP contribution in [0.5, 0.6) is 5.75 Å². The summed E-state index contributed by atoms with van der Waals surface area (Å²) in [7, 11) is 0. The molecule has 1 aromatic rings. The van der Waals surface area contributed by atoms with Gasteiger partial charge in [-0.15, -0.1) is 0 Å². The molecule has 4 heteroatoms. The Morgan fingerprint density at radius 1 is 1.31 bits per heavy atom. The van der Waals surface area contributed by atoms with Gasteiger partial charge in [-0.1, -0.05) is 11.8 Å². The standard InChI is InChI=1S/C12H12O4/c13-8-9-16-11-6-4-10(5-7-11)2-1-3-12(14)15/h4-7,13H,3,8-9H2,(H,14,15). The summed E-state index contributed by atoms with van der Waals surface area (Å²) < 4.78 is 5.16. The second-order valence-corrected chi connectivity index (χ2v) is 2.97. The van der Waals surface area contributed by atoms with E-state index in [1.54, 1.807) is 24.3 Å². The Kier molecular flexibility index (Phi) is 4.90. The van der Waals surface area contributed by atoms with Crippen LogP contribution < -0.4 is 4.74 Å². The van der Waals surface area contributed by atoms with E-state index in [4.69, 9.17) is 14.9 Å². The van der Waals surface area contributed by atoms with Crippen molar-refractivity contribution in [3.8, 4) is 17.6 Å². The van der Waals surface area contributed by atoms with E-state index < -0.39 is 5.97 Å². The van der Waals surface area contributed by atoms with E-state index in [2.05, 4.69) is 11.8 Å². The highest BCUT2D eigenvalue weighted by atomic mass is 16.5. The van der Waals surface area contributed by atoms with Crippen LogP contribution in [0.15, 0.2) is 24.3 Å². The zero-order valence-corrected chi connectivity index (χ0v) is 8.64. The molecule has 0 aromatic heterocycles. The first-order valence-electron chi connectivity index (χ1n) is 4.77. The molecule has 16 heavy (non-hydrogen) atoms. The Hall–Kier alpha value is -1.99. The van der Waals surface area contributed by atoms with E-state index in [9.17, 15) is 4.79 Å². The Morgan fingerprint density at radius 3 is 2.56 bits per heavy atom. The lowest BCUT2D eigenvalue weighted by atomic mass is 10.2. The molecule has 0 heterocycles. The molecule has 2 N–H and O–H groups in total. The number of aliphatic hydroxyl groups excluding tert-OH is 1. The summed E-state index contributed by atoms with van der Waals surface area (Å²) in [6, 6.07) is 6.92. The number of hydrogen-bond donors (Lipinski definition) is 2. The van der Waals surface area contributed by atoms with Gasteiger partial charge in [0.2, 0.25) is 0 Å². The molecular formula is C12H12O4. The van der Waals surface area contributed by atoms with Crippen molar-refractivity contribution in [1.82, 2.24) is 0 Å². The average Bonchev–Trinajstić information content (AvgIpc) is 2.27. The minimum absolute atomic E-state index is 0.0276. The van der Waals surface area contributed by atoms with Crippen molar-refractivity contribution in [3.05, 3.63) is 29.8 Å². The van der Waals surface area contributed by atoms with Crippen molar-refractivity contribution >= 4 is 5.97 Å². The fourth-order valence-corrected chi connectivity index (χ4v) is 1.02. The van der Waals surface area contributed by atoms with Gasteiger partial charge in [0.05, 0.1) is 6.61 Å². The summed E-state index contributed by atoms with van der Waals surface area (Å²) in [5, 5.41) is 16.9. The Bertz CT molecular complexity index is 397. The molecule has 0 fully saturated rings. The third-order valence-corrected chi connectivity index (χ3v) is 1.69. The topological polar surface area (TPSA) is 66.8 Å². The predicted molar refractivity (Wildman–Crippen MR) is 58.2 cm³/mol. The first kappa shape index (κ1) is 12.1. The van der Waals surface area contributed by atoms with Gasteiger partial charge in [-0.2, -0.15) is 0 Å². The largest absolute Gasteiger partial charge is 0.491 e. The van der Waals surface area contributed by atoms with Gasteiger partial charge in [-0.05, 0) is 24.3 Å². The number of aliphatic hydroxyl groups is 1. The summed E-state index contributed by atoms with van der Waals surface area (Å²) in [6.07, 6.45) is -0.164. The Balaban J connectivity index is 2.56. The molecule has 0 aliphatic heterocycles. The van der Waals surface area contributed by atoms with Gasteiger partial charge in [-0.25, -0.2) is 0 Å². The van der Waals surface area contributed by atoms with E-state index in [1.165, 1.54) is 0 Å². The van der Waals surface area contributed by atoms with Crippen LogP contribution in [0.2, 0.25) is 0 Å². The maximum atomic E-state index is 10.2. The number of rotatable bonds is 4. The number of ether oxygens (including phenoxy) is 1. The molecule has 1 aromatic carbocycles. The monoisotopic (exact) mass is 220 g/mol. The molecule has 0 amide bonds. The maximum absolute atomic E-state index is 10.2. The van der Waals surface area contributed by atoms with Crippen LogP contribution in [0, 0.1) is 11.8 Å². The first-order chi connectivity index (χ1) is 7.72. The SMILES string of the molecule is O=C(O)CC#Cc1ccc(OCCO)cc1. The van der Waals surface area contributed by atoms with Crippen molar-refractivity contribution < 1.29 is 19.7 Å². The van der Waals surface area contributed by atoms with Crippen LogP contribution in [0.25, 0.3) is 0 Å². The van der Waals surface area contributed by atoms with Crippen LogP contribution in [0.3, 0.4) is 0 Å². The van der Waals surface area contributed by atoms with E-state index >= 15 is 0 Å². The Labute approximate surface area is 93.5 Å². The van der Waals surface area contributed by atoms with E-state index in [-0.39, 0.29) is 19.6 Å². The van der Waals surface area contributed by atoms with Crippen LogP contribution >= 0.6 is 0 Å². The van der Waals surface area contributed by atoms with Crippen molar-refractivity contribution in [2.24, 2.45) is 0 Å². The molecule has 0 atom stereocenters. The zero-order valence-electron chi connectivity index (χ0n) is 8.64. The molecule has 0 radical (unpaired) electrons. The number of benzene rings is 1. The number of aliphatic carboxylic acids is 1. The van der Waals surface area contributed by atoms with Crippen molar-refractivity contribution in [1.29, 1.82) is 0 Å². The van der Waals surface area contributed by atoms with E-state index in [0.29, 0.717) is 5.75 Å². The smallest absolute Gasteiger partial charge is 0.315 e. The lowest BCUT2D eigenvalue weighted by Crippen LogP contribution is -2.01. The van der Waals surface area contributed by atoms with Crippen molar-refractivity contribution in [2.75, 3.05) is 13.2 Å². The highest BCUT2D eigenvalue weighted by Crippen LogP contribution is 2.11. The number of carboxylic acid groups (broad SMARTS) is 1. The number of hydrogen-bond acceptors (Lipinski definition) is 3. The molecule has 0 bridgehead atoms. The lowest BCUT2D eigenvalue weighted by Gasteiger charge is -2.02. The van der Waals surface area contributed by atoms with Gasteiger partial charge in [0.15, 0.2) is 0 Å². The fraction of sp³-hybridized carbons (Fsp3) is 0.250. The van der Waals surface area contributed by atoms with Gasteiger partial charge in [0.25, 0.3) is 0 Å². The normalized spacial score (nSPS) is 9.06. The summed E-state index contributed by atoms with van der Waals surface area (Å²) in [6.45, 7) is 0.226. The minimum atomic E-state index is -0.935. The van der Waals surface area contributed by atoms with Gasteiger partial charge in [0, 0.05) is 5.56 Å². The molecule has 84 valence electrons. The van der Waals surface area contributed by atoms with E-state index in [1.807, 2.05) is 0 Å². The first-order valence-corrected chi connectivity index (χ1v) is 4.77. The van der Waals surface area contributed by atoms with Gasteiger partial charge < -0.3 is 14.9 Å². The van der Waals surface area contributed by atoms with Gasteiger partial charge >= 0.3 is 5.97 Å². The minimum Gasteiger partial charge on any atom is -0.491 e. The predicted octanol–water partition coefficient (Wildman–Crippen LogP) is 0.884. The number of carbonyl (C=O) groups is 1. The molecule has 0 aliphatic carbocycles. The average molecular weight is 220 g/mol. The lowest BCUT2D eigenvalue weighted by molar-refractivity contribution is -0.135. The highest BCUT2D eigenvalue weighted by molar-refractivity contribution is 5.70. The van der Waals surface area contributed by atoms with Crippen molar-refractivity contribution in [3.63, 3.8) is 0 Å². The Morgan fingerprint density at radius 2 is 2.00 bits per heavy atom. The van der Waals surface area contributed by atoms with Gasteiger partial charge in [0.1, 0.15) is 18.8 Å². The molecule has 0 unspecified atom stereocenters. The zero-order chi connectivity index (χ0) is 11.8. The fourth-order valence-electron chi connectivity index (χ4n) is 1.02. The summed E-state index contributed by atoms with van der Waals surface area (Å²) in [5.41, 5.74) is 0.734. The van der Waals surface area contributed by atoms with Crippen LogP contribution in [0.4, 0.5) is 0 Å². The third kappa shape index (κ3) is 4.49. The summed E-state index contributed by atoms with van der Waals surface area (Å²) in [5.74, 6) is 4.97. The second-order valence-electron chi connectivity index (χ2n) is 2.97. The molecule has 0 saturated carbocycles. The molecular weight excluding hydrogens is 208 g/mol. The number of carboxylic acids is 1. The van der Waals surface area contributed by atoms with Crippen LogP contribution in [-0.2, 0) is 4.79 Å². The van der Waals surface area contributed by atoms with Crippen molar-refractivity contribution in [2.45, 2.75) is 6.42 Å². The maximum Gasteiger partial charge on any atom is 0.315 e. The summed E-state index contributed by atoms with van der Waals surface area (Å²) in [4.78, 5) is 10.2. The molecule has 0 saturated heterocycles. The molecule has 4 nitrogen and oxygen atoms in total. The molecule has 0 aliphatic rings. The summed E-state index contributed by atoms with van der Waals surface area (Å²) >= 11 is 0. The quantitative estimate of drug-likeness (QED) is 0.739. The van der Waals surface area contributed by atoms with Gasteiger partial charge in [-0.3, -0.25) is 4.79 Å².